The second-order valence-electron chi connectivity index (χ2n) is 14.2. The quantitative estimate of drug-likeness (QED) is 0.0924. The summed E-state index contributed by atoms with van der Waals surface area (Å²) in [6, 6.07) is 13.7. The SMILES string of the molecule is CCCCCCCCOc1cc2c(s1)c1c(c3sc(C)cc32)=C(c2cc[c]([Sn]([CH3])([CH3])[CH3])s2)C(=O)C=1c1cc[c]([Sn]([CH3])([CH3])[CH3])s1. The Balaban J connectivity index is 1.58. The van der Waals surface area contributed by atoms with Gasteiger partial charge in [0, 0.05) is 0 Å². The summed E-state index contributed by atoms with van der Waals surface area (Å²) in [5.41, 5.74) is 1.84. The van der Waals surface area contributed by atoms with Gasteiger partial charge in [0.05, 0.1) is 0 Å². The molecule has 0 bridgehead atoms. The maximum atomic E-state index is 14.9. The number of hydrogen-bond acceptors (Lipinski definition) is 6. The fourth-order valence-electron chi connectivity index (χ4n) is 6.06. The Bertz CT molecular complexity index is 1990. The molecular weight excluding hydrogens is 830 g/mol. The van der Waals surface area contributed by atoms with Gasteiger partial charge in [0.25, 0.3) is 0 Å². The van der Waals surface area contributed by atoms with E-state index in [4.69, 9.17) is 4.74 Å². The monoisotopic (exact) mass is 876 g/mol. The van der Waals surface area contributed by atoms with Crippen molar-refractivity contribution in [3.8, 4) is 5.06 Å². The van der Waals surface area contributed by atoms with Crippen LogP contribution in [0.1, 0.15) is 60.1 Å². The molecule has 232 valence electrons. The Morgan fingerprint density at radius 3 is 1.73 bits per heavy atom. The summed E-state index contributed by atoms with van der Waals surface area (Å²) in [5, 5.41) is 5.80. The van der Waals surface area contributed by atoms with Gasteiger partial charge < -0.3 is 0 Å². The van der Waals surface area contributed by atoms with Gasteiger partial charge >= 0.3 is 257 Å². The van der Waals surface area contributed by atoms with Crippen molar-refractivity contribution >= 4 is 125 Å². The van der Waals surface area contributed by atoms with Gasteiger partial charge in [-0.05, 0) is 0 Å². The summed E-state index contributed by atoms with van der Waals surface area (Å²) in [6.45, 7) is 5.22. The summed E-state index contributed by atoms with van der Waals surface area (Å²) < 4.78 is 11.9. The number of Topliss-reactive ketones (excluding diaryl/α,β-unsaturated/α-hetero) is 1. The van der Waals surface area contributed by atoms with Gasteiger partial charge in [-0.25, -0.2) is 0 Å². The Labute approximate surface area is 286 Å². The van der Waals surface area contributed by atoms with E-state index < -0.39 is 36.8 Å². The third kappa shape index (κ3) is 6.43. The van der Waals surface area contributed by atoms with E-state index in [1.54, 1.807) is 11.3 Å². The molecule has 2 nitrogen and oxygen atoms in total. The fraction of sp³-hybridized carbons (Fsp3) is 0.417. The molecule has 1 aromatic carbocycles. The summed E-state index contributed by atoms with van der Waals surface area (Å²) >= 11 is 2.73. The van der Waals surface area contributed by atoms with Crippen LogP contribution < -0.4 is 21.0 Å². The van der Waals surface area contributed by atoms with E-state index in [2.05, 4.69) is 79.9 Å². The van der Waals surface area contributed by atoms with Crippen molar-refractivity contribution in [3.05, 3.63) is 61.5 Å². The molecule has 0 aliphatic heterocycles. The molecule has 1 aliphatic rings. The molecule has 0 fully saturated rings. The number of hydrogen-bond donors (Lipinski definition) is 0. The van der Waals surface area contributed by atoms with Crippen LogP contribution >= 0.6 is 45.3 Å². The van der Waals surface area contributed by atoms with E-state index in [1.165, 1.54) is 68.2 Å². The topological polar surface area (TPSA) is 26.3 Å². The Kier molecular flexibility index (Phi) is 9.90. The first kappa shape index (κ1) is 33.3. The number of benzene rings is 1. The number of carbonyl (C=O) groups excluding carboxylic acids is 1. The number of fused-ring (bicyclic) bond motifs is 6. The summed E-state index contributed by atoms with van der Waals surface area (Å²) in [6.07, 6.45) is 7.52. The predicted octanol–water partition coefficient (Wildman–Crippen LogP) is 9.36. The number of aryl methyl sites for hydroxylation is 1. The van der Waals surface area contributed by atoms with Crippen LogP contribution in [0.4, 0.5) is 0 Å². The molecule has 0 radical (unpaired) electrons. The molecule has 0 unspecified atom stereocenters. The molecule has 44 heavy (non-hydrogen) atoms. The normalized spacial score (nSPS) is 14.0. The van der Waals surface area contributed by atoms with Crippen LogP contribution in [0.15, 0.2) is 36.4 Å². The van der Waals surface area contributed by atoms with Crippen molar-refractivity contribution < 1.29 is 9.53 Å². The standard InChI is InChI=1S/C30H26O2S4.6CH3.2Sn/c1-3-4-5-6-7-8-13-32-23-17-20-19-16-18(2)35-29(19)26-24(21-11-9-14-33-21)28(31)25(22-12-10-15-34-22)27(26)30(20)36-23;;;;;;;;/h9-12,16-17H,3-8,13H2,1-2H3;6*1H3;;. The average molecular weight is 874 g/mol. The summed E-state index contributed by atoms with van der Waals surface area (Å²) in [7, 11) is 0. The van der Waals surface area contributed by atoms with Gasteiger partial charge in [0.15, 0.2) is 0 Å². The summed E-state index contributed by atoms with van der Waals surface area (Å²) in [5.74, 6) is 0.206. The average Bonchev–Trinajstić information content (AvgIpc) is 3.75. The van der Waals surface area contributed by atoms with Crippen molar-refractivity contribution in [2.24, 2.45) is 0 Å². The molecule has 0 saturated heterocycles. The Morgan fingerprint density at radius 1 is 0.659 bits per heavy atom. The van der Waals surface area contributed by atoms with Crippen molar-refractivity contribution in [1.82, 2.24) is 0 Å². The zero-order valence-corrected chi connectivity index (χ0v) is 36.3. The first-order valence-corrected chi connectivity index (χ1v) is 39.3. The van der Waals surface area contributed by atoms with Gasteiger partial charge in [0.1, 0.15) is 0 Å². The molecule has 0 spiro atoms. The molecule has 4 aromatic heterocycles. The zero-order chi connectivity index (χ0) is 31.4. The molecule has 4 heterocycles. The number of ether oxygens (including phenoxy) is 1. The van der Waals surface area contributed by atoms with Gasteiger partial charge in [0.2, 0.25) is 0 Å². The number of thiophene rings is 4. The Hall–Kier alpha value is -0.653. The maximum absolute atomic E-state index is 14.9. The first-order valence-electron chi connectivity index (χ1n) is 16.0. The van der Waals surface area contributed by atoms with Crippen molar-refractivity contribution in [1.29, 1.82) is 0 Å². The molecule has 5 aromatic rings. The molecule has 0 amide bonds. The van der Waals surface area contributed by atoms with Gasteiger partial charge in [-0.15, -0.1) is 0 Å². The summed E-state index contributed by atoms with van der Waals surface area (Å²) in [4.78, 5) is 33.2. The van der Waals surface area contributed by atoms with E-state index in [1.807, 2.05) is 34.0 Å². The van der Waals surface area contributed by atoms with E-state index >= 15 is 0 Å². The molecule has 0 saturated carbocycles. The van der Waals surface area contributed by atoms with Crippen molar-refractivity contribution in [2.45, 2.75) is 82.0 Å². The van der Waals surface area contributed by atoms with Crippen LogP contribution in [0, 0.1) is 6.92 Å². The van der Waals surface area contributed by atoms with Crippen LogP contribution in [-0.2, 0) is 4.79 Å². The zero-order valence-electron chi connectivity index (χ0n) is 27.4. The van der Waals surface area contributed by atoms with E-state index in [0.717, 1.165) is 44.2 Å². The van der Waals surface area contributed by atoms with Crippen molar-refractivity contribution in [3.63, 3.8) is 0 Å². The van der Waals surface area contributed by atoms with Crippen LogP contribution in [0.5, 0.6) is 5.06 Å². The van der Waals surface area contributed by atoms with E-state index in [-0.39, 0.29) is 5.78 Å². The second kappa shape index (κ2) is 13.1. The van der Waals surface area contributed by atoms with Gasteiger partial charge in [-0.3, -0.25) is 0 Å². The van der Waals surface area contributed by atoms with Crippen molar-refractivity contribution in [2.75, 3.05) is 6.61 Å². The molecule has 0 N–H and O–H groups in total. The number of ketones is 1. The predicted molar refractivity (Wildman–Crippen MR) is 205 cm³/mol. The van der Waals surface area contributed by atoms with Crippen LogP contribution in [0.2, 0.25) is 29.6 Å². The number of rotatable bonds is 12. The van der Waals surface area contributed by atoms with E-state index in [0.29, 0.717) is 0 Å². The first-order chi connectivity index (χ1) is 20.9. The minimum atomic E-state index is -2.31. The molecule has 1 aliphatic carbocycles. The van der Waals surface area contributed by atoms with Crippen LogP contribution in [0.3, 0.4) is 0 Å². The molecule has 0 atom stereocenters. The molecule has 8 heteroatoms. The molecular formula is C36H44O2S4Sn2. The number of carbonyl (C=O) groups is 1. The third-order valence-corrected chi connectivity index (χ3v) is 31.8. The van der Waals surface area contributed by atoms with Gasteiger partial charge in [-0.2, -0.15) is 0 Å². The minimum absolute atomic E-state index is 0.206. The number of unbranched alkanes of at least 4 members (excludes halogenated alkanes) is 5. The van der Waals surface area contributed by atoms with Crippen LogP contribution in [-0.4, -0.2) is 49.1 Å². The van der Waals surface area contributed by atoms with E-state index in [9.17, 15) is 4.79 Å². The van der Waals surface area contributed by atoms with Gasteiger partial charge in [-0.1, -0.05) is 32.6 Å². The van der Waals surface area contributed by atoms with Crippen LogP contribution in [0.25, 0.3) is 31.3 Å². The third-order valence-electron chi connectivity index (χ3n) is 8.44. The fourth-order valence-corrected chi connectivity index (χ4v) is 20.9. The Morgan fingerprint density at radius 2 is 1.18 bits per heavy atom. The second-order valence-corrected chi connectivity index (χ2v) is 49.5. The molecule has 6 rings (SSSR count).